The summed E-state index contributed by atoms with van der Waals surface area (Å²) in [6, 6.07) is 5.50. The Labute approximate surface area is 109 Å². The minimum atomic E-state index is -0.135. The lowest BCUT2D eigenvalue weighted by atomic mass is 10.2. The minimum absolute atomic E-state index is 0.0945. The Hall–Kier alpha value is -1.62. The fourth-order valence-corrected chi connectivity index (χ4v) is 1.73. The van der Waals surface area contributed by atoms with E-state index in [4.69, 9.17) is 0 Å². The SMILES string of the molecule is CCNc1cccc(C(=O)NC(C)CN(C)C)n1. The number of nitrogens with zero attached hydrogens (tertiary/aromatic N) is 2. The van der Waals surface area contributed by atoms with Crippen LogP contribution in [0, 0.1) is 0 Å². The number of anilines is 1. The van der Waals surface area contributed by atoms with Gasteiger partial charge >= 0.3 is 0 Å². The topological polar surface area (TPSA) is 57.3 Å². The van der Waals surface area contributed by atoms with E-state index in [1.807, 2.05) is 45.0 Å². The van der Waals surface area contributed by atoms with Crippen molar-refractivity contribution in [2.75, 3.05) is 32.5 Å². The molecule has 0 aliphatic heterocycles. The number of likely N-dealkylation sites (N-methyl/N-ethyl adjacent to an activating group) is 1. The van der Waals surface area contributed by atoms with E-state index in [1.165, 1.54) is 0 Å². The highest BCUT2D eigenvalue weighted by Gasteiger charge is 2.11. The van der Waals surface area contributed by atoms with Gasteiger partial charge in [0.15, 0.2) is 0 Å². The summed E-state index contributed by atoms with van der Waals surface area (Å²) in [5.41, 5.74) is 0.444. The number of carbonyl (C=O) groups excluding carboxylic acids is 1. The highest BCUT2D eigenvalue weighted by molar-refractivity contribution is 5.92. The molecule has 100 valence electrons. The van der Waals surface area contributed by atoms with E-state index in [2.05, 4.69) is 15.6 Å². The maximum atomic E-state index is 12.0. The van der Waals surface area contributed by atoms with Gasteiger partial charge in [-0.05, 0) is 40.1 Å². The molecule has 5 nitrogen and oxygen atoms in total. The first-order valence-electron chi connectivity index (χ1n) is 6.19. The Kier molecular flexibility index (Phi) is 5.58. The fraction of sp³-hybridized carbons (Fsp3) is 0.538. The maximum absolute atomic E-state index is 12.0. The average molecular weight is 250 g/mol. The van der Waals surface area contributed by atoms with Crippen LogP contribution in [0.15, 0.2) is 18.2 Å². The van der Waals surface area contributed by atoms with Gasteiger partial charge in [0, 0.05) is 19.1 Å². The first-order valence-corrected chi connectivity index (χ1v) is 6.19. The van der Waals surface area contributed by atoms with E-state index < -0.39 is 0 Å². The predicted octanol–water partition coefficient (Wildman–Crippen LogP) is 1.19. The molecule has 18 heavy (non-hydrogen) atoms. The van der Waals surface area contributed by atoms with Crippen LogP contribution >= 0.6 is 0 Å². The molecule has 0 aliphatic rings. The molecule has 1 unspecified atom stereocenters. The first-order chi connectivity index (χ1) is 8.52. The molecular formula is C13H22N4O. The van der Waals surface area contributed by atoms with E-state index in [1.54, 1.807) is 6.07 Å². The summed E-state index contributed by atoms with van der Waals surface area (Å²) in [6.07, 6.45) is 0. The largest absolute Gasteiger partial charge is 0.370 e. The van der Waals surface area contributed by atoms with E-state index in [0.717, 1.165) is 18.9 Å². The monoisotopic (exact) mass is 250 g/mol. The smallest absolute Gasteiger partial charge is 0.270 e. The molecule has 1 aromatic heterocycles. The van der Waals surface area contributed by atoms with Gasteiger partial charge in [0.2, 0.25) is 0 Å². The highest BCUT2D eigenvalue weighted by atomic mass is 16.1. The van der Waals surface area contributed by atoms with Gasteiger partial charge in [0.1, 0.15) is 11.5 Å². The quantitative estimate of drug-likeness (QED) is 0.796. The summed E-state index contributed by atoms with van der Waals surface area (Å²) < 4.78 is 0. The van der Waals surface area contributed by atoms with Gasteiger partial charge < -0.3 is 15.5 Å². The zero-order valence-electron chi connectivity index (χ0n) is 11.5. The normalized spacial score (nSPS) is 12.3. The molecule has 0 saturated heterocycles. The van der Waals surface area contributed by atoms with Gasteiger partial charge in [-0.15, -0.1) is 0 Å². The second-order valence-corrected chi connectivity index (χ2v) is 4.58. The standard InChI is InChI=1S/C13H22N4O/c1-5-14-12-8-6-7-11(16-12)13(18)15-10(2)9-17(3)4/h6-8,10H,5,9H2,1-4H3,(H,14,16)(H,15,18). The summed E-state index contributed by atoms with van der Waals surface area (Å²) in [5.74, 6) is 0.592. The molecule has 0 radical (unpaired) electrons. The number of hydrogen-bond donors (Lipinski definition) is 2. The first kappa shape index (κ1) is 14.4. The number of aromatic nitrogens is 1. The number of hydrogen-bond acceptors (Lipinski definition) is 4. The van der Waals surface area contributed by atoms with Crippen LogP contribution in [0.25, 0.3) is 0 Å². The van der Waals surface area contributed by atoms with Crippen molar-refractivity contribution in [1.29, 1.82) is 0 Å². The molecular weight excluding hydrogens is 228 g/mol. The molecule has 0 aliphatic carbocycles. The molecule has 0 bridgehead atoms. The van der Waals surface area contributed by atoms with Crippen molar-refractivity contribution < 1.29 is 4.79 Å². The van der Waals surface area contributed by atoms with Crippen LogP contribution in [-0.4, -0.2) is 49.0 Å². The van der Waals surface area contributed by atoms with Crippen molar-refractivity contribution in [2.45, 2.75) is 19.9 Å². The Bertz CT molecular complexity index is 392. The molecule has 0 saturated carbocycles. The molecule has 1 amide bonds. The van der Waals surface area contributed by atoms with Gasteiger partial charge in [-0.3, -0.25) is 4.79 Å². The molecule has 1 atom stereocenters. The predicted molar refractivity (Wildman–Crippen MR) is 73.9 cm³/mol. The molecule has 2 N–H and O–H groups in total. The van der Waals surface area contributed by atoms with E-state index >= 15 is 0 Å². The second-order valence-electron chi connectivity index (χ2n) is 4.58. The van der Waals surface area contributed by atoms with Crippen LogP contribution in [0.3, 0.4) is 0 Å². The van der Waals surface area contributed by atoms with Crippen LogP contribution < -0.4 is 10.6 Å². The molecule has 5 heteroatoms. The summed E-state index contributed by atoms with van der Waals surface area (Å²) >= 11 is 0. The van der Waals surface area contributed by atoms with E-state index in [0.29, 0.717) is 5.69 Å². The lowest BCUT2D eigenvalue weighted by molar-refractivity contribution is 0.0929. The lowest BCUT2D eigenvalue weighted by Gasteiger charge is -2.18. The van der Waals surface area contributed by atoms with Crippen molar-refractivity contribution in [1.82, 2.24) is 15.2 Å². The number of pyridine rings is 1. The van der Waals surface area contributed by atoms with Gasteiger partial charge in [0.25, 0.3) is 5.91 Å². The van der Waals surface area contributed by atoms with Crippen LogP contribution in [0.4, 0.5) is 5.82 Å². The Morgan fingerprint density at radius 2 is 2.17 bits per heavy atom. The third kappa shape index (κ3) is 4.71. The number of nitrogens with one attached hydrogen (secondary N) is 2. The van der Waals surface area contributed by atoms with Crippen LogP contribution in [0.1, 0.15) is 24.3 Å². The van der Waals surface area contributed by atoms with E-state index in [9.17, 15) is 4.79 Å². The summed E-state index contributed by atoms with van der Waals surface area (Å²) in [4.78, 5) is 18.3. The molecule has 0 spiro atoms. The molecule has 1 heterocycles. The Morgan fingerprint density at radius 1 is 1.44 bits per heavy atom. The molecule has 0 fully saturated rings. The highest BCUT2D eigenvalue weighted by Crippen LogP contribution is 2.04. The van der Waals surface area contributed by atoms with Gasteiger partial charge in [-0.25, -0.2) is 4.98 Å². The number of rotatable bonds is 6. The van der Waals surface area contributed by atoms with Crippen LogP contribution in [0.5, 0.6) is 0 Å². The summed E-state index contributed by atoms with van der Waals surface area (Å²) in [5, 5.41) is 6.01. The second kappa shape index (κ2) is 6.96. The van der Waals surface area contributed by atoms with Gasteiger partial charge in [0.05, 0.1) is 0 Å². The lowest BCUT2D eigenvalue weighted by Crippen LogP contribution is -2.39. The fourth-order valence-electron chi connectivity index (χ4n) is 1.73. The molecule has 1 rings (SSSR count). The van der Waals surface area contributed by atoms with Crippen molar-refractivity contribution in [3.8, 4) is 0 Å². The Morgan fingerprint density at radius 3 is 2.78 bits per heavy atom. The molecule has 0 aromatic carbocycles. The van der Waals surface area contributed by atoms with Gasteiger partial charge in [-0.2, -0.15) is 0 Å². The average Bonchev–Trinajstić information content (AvgIpc) is 2.28. The van der Waals surface area contributed by atoms with Crippen LogP contribution in [0.2, 0.25) is 0 Å². The zero-order chi connectivity index (χ0) is 13.5. The number of carbonyl (C=O) groups is 1. The van der Waals surface area contributed by atoms with Crippen molar-refractivity contribution >= 4 is 11.7 Å². The number of amides is 1. The maximum Gasteiger partial charge on any atom is 0.270 e. The molecule has 1 aromatic rings. The van der Waals surface area contributed by atoms with Crippen molar-refractivity contribution in [3.05, 3.63) is 23.9 Å². The van der Waals surface area contributed by atoms with Crippen molar-refractivity contribution in [3.63, 3.8) is 0 Å². The van der Waals surface area contributed by atoms with E-state index in [-0.39, 0.29) is 11.9 Å². The zero-order valence-corrected chi connectivity index (χ0v) is 11.5. The van der Waals surface area contributed by atoms with Crippen LogP contribution in [-0.2, 0) is 0 Å². The van der Waals surface area contributed by atoms with Gasteiger partial charge in [-0.1, -0.05) is 6.07 Å². The third-order valence-electron chi connectivity index (χ3n) is 2.36. The third-order valence-corrected chi connectivity index (χ3v) is 2.36. The Balaban J connectivity index is 2.63. The minimum Gasteiger partial charge on any atom is -0.370 e. The summed E-state index contributed by atoms with van der Waals surface area (Å²) in [6.45, 7) is 5.56. The summed E-state index contributed by atoms with van der Waals surface area (Å²) in [7, 11) is 3.96. The van der Waals surface area contributed by atoms with Crippen molar-refractivity contribution in [2.24, 2.45) is 0 Å².